The Morgan fingerprint density at radius 3 is 2.43 bits per heavy atom. The number of ether oxygens (including phenoxy) is 1. The molecule has 0 aliphatic heterocycles. The first-order valence-corrected chi connectivity index (χ1v) is 10.0. The Hall–Kier alpha value is -3.37. The topological polar surface area (TPSA) is 51.8 Å². The molecule has 4 nitrogen and oxygen atoms in total. The molecule has 150 valence electrons. The molecule has 5 heteroatoms. The first kappa shape index (κ1) is 19.9. The third kappa shape index (κ3) is 4.29. The van der Waals surface area contributed by atoms with Crippen molar-refractivity contribution in [1.29, 1.82) is 0 Å². The Labute approximate surface area is 179 Å². The zero-order valence-electron chi connectivity index (χ0n) is 16.7. The van der Waals surface area contributed by atoms with Gasteiger partial charge in [-0.3, -0.25) is 0 Å². The summed E-state index contributed by atoms with van der Waals surface area (Å²) >= 11 is 6.02. The summed E-state index contributed by atoms with van der Waals surface area (Å²) in [6.45, 7) is 4.16. The molecule has 0 radical (unpaired) electrons. The number of hydrogen-bond acceptors (Lipinski definition) is 4. The van der Waals surface area contributed by atoms with Crippen molar-refractivity contribution in [2.24, 2.45) is 4.99 Å². The predicted octanol–water partition coefficient (Wildman–Crippen LogP) is 6.47. The Bertz CT molecular complexity index is 1270. The standard InChI is InChI=1S/C25H20ClNO3/c1-3-29-25(28)18-7-11-20(12-8-18)27-22-15-24(17-5-9-19(26)10-6-17)30-23-13-4-16(2)14-21(22)23/h4-15H,3H2,1-2H3. The molecule has 0 fully saturated rings. The number of carbonyl (C=O) groups is 1. The maximum Gasteiger partial charge on any atom is 0.338 e. The molecule has 0 spiro atoms. The number of fused-ring (bicyclic) bond motifs is 1. The number of rotatable bonds is 4. The van der Waals surface area contributed by atoms with Crippen molar-refractivity contribution in [3.63, 3.8) is 0 Å². The minimum atomic E-state index is -0.339. The van der Waals surface area contributed by atoms with Crippen molar-refractivity contribution in [1.82, 2.24) is 0 Å². The van der Waals surface area contributed by atoms with Crippen LogP contribution >= 0.6 is 11.6 Å². The van der Waals surface area contributed by atoms with E-state index in [2.05, 4.69) is 6.07 Å². The SMILES string of the molecule is CCOC(=O)c1ccc(N=c2cc(-c3ccc(Cl)cc3)oc3ccc(C)cc23)cc1. The number of hydrogen-bond donors (Lipinski definition) is 0. The van der Waals surface area contributed by atoms with Crippen molar-refractivity contribution in [3.05, 3.63) is 94.3 Å². The lowest BCUT2D eigenvalue weighted by Crippen LogP contribution is -2.05. The quantitative estimate of drug-likeness (QED) is 0.357. The van der Waals surface area contributed by atoms with Gasteiger partial charge in [0.1, 0.15) is 11.3 Å². The second kappa shape index (κ2) is 8.56. The van der Waals surface area contributed by atoms with Gasteiger partial charge in [-0.25, -0.2) is 9.79 Å². The number of halogens is 1. The fraction of sp³-hybridized carbons (Fsp3) is 0.120. The molecule has 4 rings (SSSR count). The average Bonchev–Trinajstić information content (AvgIpc) is 2.75. The van der Waals surface area contributed by atoms with Crippen LogP contribution in [0.1, 0.15) is 22.8 Å². The van der Waals surface area contributed by atoms with Gasteiger partial charge in [-0.1, -0.05) is 23.2 Å². The summed E-state index contributed by atoms with van der Waals surface area (Å²) in [6, 6.07) is 22.5. The highest BCUT2D eigenvalue weighted by molar-refractivity contribution is 6.30. The molecule has 1 heterocycles. The summed E-state index contributed by atoms with van der Waals surface area (Å²) in [6.07, 6.45) is 0. The molecule has 0 atom stereocenters. The summed E-state index contributed by atoms with van der Waals surface area (Å²) in [4.78, 5) is 16.7. The van der Waals surface area contributed by atoms with E-state index in [4.69, 9.17) is 25.7 Å². The first-order chi connectivity index (χ1) is 14.5. The van der Waals surface area contributed by atoms with Gasteiger partial charge in [0.05, 0.1) is 23.2 Å². The molecule has 3 aromatic carbocycles. The van der Waals surface area contributed by atoms with Gasteiger partial charge >= 0.3 is 5.97 Å². The van der Waals surface area contributed by atoms with Crippen LogP contribution in [0.15, 0.2) is 82.2 Å². The van der Waals surface area contributed by atoms with Gasteiger partial charge in [0.2, 0.25) is 0 Å². The second-order valence-electron chi connectivity index (χ2n) is 6.88. The van der Waals surface area contributed by atoms with Gasteiger partial charge in [-0.15, -0.1) is 0 Å². The Balaban J connectivity index is 1.84. The number of aryl methyl sites for hydroxylation is 1. The number of benzene rings is 3. The van der Waals surface area contributed by atoms with E-state index in [1.165, 1.54) is 0 Å². The maximum absolute atomic E-state index is 11.9. The molecule has 30 heavy (non-hydrogen) atoms. The zero-order chi connectivity index (χ0) is 21.1. The molecule has 0 amide bonds. The predicted molar refractivity (Wildman–Crippen MR) is 119 cm³/mol. The Morgan fingerprint density at radius 2 is 1.73 bits per heavy atom. The summed E-state index contributed by atoms with van der Waals surface area (Å²) in [5, 5.41) is 2.37. The summed E-state index contributed by atoms with van der Waals surface area (Å²) in [5.74, 6) is 0.360. The minimum Gasteiger partial charge on any atom is -0.462 e. The van der Waals surface area contributed by atoms with Crippen molar-refractivity contribution in [2.75, 3.05) is 6.61 Å². The molecule has 0 saturated heterocycles. The summed E-state index contributed by atoms with van der Waals surface area (Å²) in [7, 11) is 0. The highest BCUT2D eigenvalue weighted by Crippen LogP contribution is 2.25. The van der Waals surface area contributed by atoms with E-state index in [0.717, 1.165) is 33.1 Å². The molecule has 0 unspecified atom stereocenters. The highest BCUT2D eigenvalue weighted by Gasteiger charge is 2.08. The Morgan fingerprint density at radius 1 is 1.00 bits per heavy atom. The Kier molecular flexibility index (Phi) is 5.68. The molecule has 0 N–H and O–H groups in total. The maximum atomic E-state index is 11.9. The van der Waals surface area contributed by atoms with E-state index < -0.39 is 0 Å². The van der Waals surface area contributed by atoms with Gasteiger partial charge in [-0.05, 0) is 74.5 Å². The van der Waals surface area contributed by atoms with Crippen LogP contribution < -0.4 is 5.36 Å². The van der Waals surface area contributed by atoms with Gasteiger partial charge in [0, 0.05) is 22.0 Å². The van der Waals surface area contributed by atoms with E-state index in [0.29, 0.717) is 23.0 Å². The van der Waals surface area contributed by atoms with E-state index in [1.54, 1.807) is 31.2 Å². The van der Waals surface area contributed by atoms with Gasteiger partial charge < -0.3 is 9.15 Å². The van der Waals surface area contributed by atoms with Crippen molar-refractivity contribution >= 4 is 34.2 Å². The summed E-state index contributed by atoms with van der Waals surface area (Å²) in [5.41, 5.74) is 4.01. The number of esters is 1. The molecule has 0 saturated carbocycles. The van der Waals surface area contributed by atoms with Crippen molar-refractivity contribution in [2.45, 2.75) is 13.8 Å². The van der Waals surface area contributed by atoms with Crippen LogP contribution in [-0.2, 0) is 4.74 Å². The van der Waals surface area contributed by atoms with Crippen LogP contribution in [0.2, 0.25) is 5.02 Å². The monoisotopic (exact) mass is 417 g/mol. The van der Waals surface area contributed by atoms with E-state index in [1.807, 2.05) is 49.4 Å². The second-order valence-corrected chi connectivity index (χ2v) is 7.32. The van der Waals surface area contributed by atoms with E-state index in [-0.39, 0.29) is 5.97 Å². The van der Waals surface area contributed by atoms with Crippen LogP contribution in [0.5, 0.6) is 0 Å². The third-order valence-electron chi connectivity index (χ3n) is 4.66. The third-order valence-corrected chi connectivity index (χ3v) is 4.91. The van der Waals surface area contributed by atoms with E-state index >= 15 is 0 Å². The average molecular weight is 418 g/mol. The first-order valence-electron chi connectivity index (χ1n) is 9.66. The minimum absolute atomic E-state index is 0.339. The lowest BCUT2D eigenvalue weighted by molar-refractivity contribution is 0.0526. The molecular formula is C25H20ClNO3. The van der Waals surface area contributed by atoms with Gasteiger partial charge in [0.25, 0.3) is 0 Å². The highest BCUT2D eigenvalue weighted by atomic mass is 35.5. The normalized spacial score (nSPS) is 11.6. The molecule has 4 aromatic rings. The van der Waals surface area contributed by atoms with Crippen LogP contribution in [0.3, 0.4) is 0 Å². The molecule has 0 aliphatic rings. The molecule has 1 aromatic heterocycles. The smallest absolute Gasteiger partial charge is 0.338 e. The largest absolute Gasteiger partial charge is 0.462 e. The van der Waals surface area contributed by atoms with E-state index in [9.17, 15) is 4.79 Å². The van der Waals surface area contributed by atoms with Gasteiger partial charge in [0.15, 0.2) is 0 Å². The lowest BCUT2D eigenvalue weighted by Gasteiger charge is -2.06. The fourth-order valence-electron chi connectivity index (χ4n) is 3.16. The van der Waals surface area contributed by atoms with Crippen LogP contribution in [0.25, 0.3) is 22.3 Å². The number of nitrogens with zero attached hydrogens (tertiary/aromatic N) is 1. The lowest BCUT2D eigenvalue weighted by atomic mass is 10.1. The van der Waals surface area contributed by atoms with Crippen LogP contribution in [0, 0.1) is 6.92 Å². The fourth-order valence-corrected chi connectivity index (χ4v) is 3.28. The van der Waals surface area contributed by atoms with Crippen molar-refractivity contribution < 1.29 is 13.9 Å². The zero-order valence-corrected chi connectivity index (χ0v) is 17.4. The summed E-state index contributed by atoms with van der Waals surface area (Å²) < 4.78 is 11.2. The van der Waals surface area contributed by atoms with Crippen LogP contribution in [0.4, 0.5) is 5.69 Å². The molecular weight excluding hydrogens is 398 g/mol. The van der Waals surface area contributed by atoms with Gasteiger partial charge in [-0.2, -0.15) is 0 Å². The van der Waals surface area contributed by atoms with Crippen LogP contribution in [-0.4, -0.2) is 12.6 Å². The molecule has 0 aliphatic carbocycles. The molecule has 0 bridgehead atoms. The number of carbonyl (C=O) groups excluding carboxylic acids is 1. The van der Waals surface area contributed by atoms with Crippen molar-refractivity contribution in [3.8, 4) is 11.3 Å².